The lowest BCUT2D eigenvalue weighted by atomic mass is 9.91. The third kappa shape index (κ3) is 1.22. The Morgan fingerprint density at radius 3 is 3.09 bits per heavy atom. The molecule has 0 bridgehead atoms. The summed E-state index contributed by atoms with van der Waals surface area (Å²) in [5.41, 5.74) is 0.645. The van der Waals surface area contributed by atoms with Gasteiger partial charge in [-0.3, -0.25) is 4.90 Å². The lowest BCUT2D eigenvalue weighted by molar-refractivity contribution is 0.189. The van der Waals surface area contributed by atoms with Crippen LogP contribution in [0.5, 0.6) is 0 Å². The average Bonchev–Trinajstić information content (AvgIpc) is 2.43. The summed E-state index contributed by atoms with van der Waals surface area (Å²) in [7, 11) is 0. The molecular weight excluding hydrogens is 249 g/mol. The molecule has 2 unspecified atom stereocenters. The van der Waals surface area contributed by atoms with E-state index in [2.05, 4.69) is 34.4 Å². The van der Waals surface area contributed by atoms with E-state index in [1.165, 1.54) is 38.8 Å². The zero-order chi connectivity index (χ0) is 7.90. The van der Waals surface area contributed by atoms with Gasteiger partial charge in [0, 0.05) is 16.0 Å². The van der Waals surface area contributed by atoms with Crippen molar-refractivity contribution in [3.05, 3.63) is 0 Å². The summed E-state index contributed by atoms with van der Waals surface area (Å²) in [5, 5.41) is 0. The van der Waals surface area contributed by atoms with Crippen molar-refractivity contribution in [2.24, 2.45) is 0 Å². The van der Waals surface area contributed by atoms with Crippen LogP contribution in [0.3, 0.4) is 0 Å². The van der Waals surface area contributed by atoms with Crippen LogP contribution in [0.15, 0.2) is 0 Å². The van der Waals surface area contributed by atoms with Gasteiger partial charge in [-0.15, -0.1) is 0 Å². The van der Waals surface area contributed by atoms with Crippen molar-refractivity contribution in [3.63, 3.8) is 0 Å². The minimum Gasteiger partial charge on any atom is -0.297 e. The highest BCUT2D eigenvalue weighted by Crippen LogP contribution is 2.43. The van der Waals surface area contributed by atoms with E-state index in [4.69, 9.17) is 0 Å². The van der Waals surface area contributed by atoms with Gasteiger partial charge >= 0.3 is 0 Å². The first-order valence-electron chi connectivity index (χ1n) is 4.66. The van der Waals surface area contributed by atoms with E-state index >= 15 is 0 Å². The second kappa shape index (κ2) is 2.87. The fraction of sp³-hybridized carbons (Fsp3) is 1.00. The van der Waals surface area contributed by atoms with E-state index < -0.39 is 0 Å². The van der Waals surface area contributed by atoms with Gasteiger partial charge < -0.3 is 0 Å². The van der Waals surface area contributed by atoms with Crippen molar-refractivity contribution in [1.82, 2.24) is 4.90 Å². The van der Waals surface area contributed by atoms with Crippen molar-refractivity contribution in [1.29, 1.82) is 0 Å². The van der Waals surface area contributed by atoms with Crippen LogP contribution in [0.2, 0.25) is 0 Å². The fourth-order valence-electron chi connectivity index (χ4n) is 2.77. The SMILES string of the molecule is CCC12CCCN1CC(I)C2. The molecule has 2 aliphatic rings. The summed E-state index contributed by atoms with van der Waals surface area (Å²) < 4.78 is 0.924. The second-order valence-corrected chi connectivity index (χ2v) is 5.69. The average molecular weight is 265 g/mol. The Morgan fingerprint density at radius 1 is 1.64 bits per heavy atom. The number of hydrogen-bond acceptors (Lipinski definition) is 1. The molecular formula is C9H16IN. The Kier molecular flexibility index (Phi) is 2.17. The summed E-state index contributed by atoms with van der Waals surface area (Å²) in [4.78, 5) is 2.73. The van der Waals surface area contributed by atoms with E-state index in [0.717, 1.165) is 3.92 Å². The van der Waals surface area contributed by atoms with Gasteiger partial charge in [0.15, 0.2) is 0 Å². The largest absolute Gasteiger partial charge is 0.297 e. The van der Waals surface area contributed by atoms with Gasteiger partial charge in [-0.2, -0.15) is 0 Å². The molecule has 64 valence electrons. The molecule has 0 N–H and O–H groups in total. The maximum Gasteiger partial charge on any atom is 0.0255 e. The van der Waals surface area contributed by atoms with Crippen molar-refractivity contribution in [2.45, 2.75) is 42.1 Å². The molecule has 11 heavy (non-hydrogen) atoms. The molecule has 0 spiro atoms. The Labute approximate surface area is 82.7 Å². The van der Waals surface area contributed by atoms with Crippen LogP contribution >= 0.6 is 22.6 Å². The van der Waals surface area contributed by atoms with Crippen molar-refractivity contribution < 1.29 is 0 Å². The first kappa shape index (κ1) is 8.30. The third-order valence-electron chi connectivity index (χ3n) is 3.42. The van der Waals surface area contributed by atoms with Crippen LogP contribution in [0.4, 0.5) is 0 Å². The van der Waals surface area contributed by atoms with E-state index in [-0.39, 0.29) is 0 Å². The predicted octanol–water partition coefficient (Wildman–Crippen LogP) is 2.44. The van der Waals surface area contributed by atoms with Crippen LogP contribution in [0, 0.1) is 0 Å². The third-order valence-corrected chi connectivity index (χ3v) is 4.25. The number of fused-ring (bicyclic) bond motifs is 1. The summed E-state index contributed by atoms with van der Waals surface area (Å²) in [6.07, 6.45) is 5.72. The molecule has 2 heterocycles. The molecule has 2 saturated heterocycles. The summed E-state index contributed by atoms with van der Waals surface area (Å²) >= 11 is 2.61. The maximum absolute atomic E-state index is 2.73. The predicted molar refractivity (Wildman–Crippen MR) is 56.3 cm³/mol. The van der Waals surface area contributed by atoms with Crippen LogP contribution in [0.25, 0.3) is 0 Å². The van der Waals surface area contributed by atoms with Gasteiger partial charge in [0.2, 0.25) is 0 Å². The lowest BCUT2D eigenvalue weighted by Gasteiger charge is -2.30. The molecule has 0 saturated carbocycles. The van der Waals surface area contributed by atoms with Crippen molar-refractivity contribution in [3.8, 4) is 0 Å². The second-order valence-electron chi connectivity index (χ2n) is 3.93. The first-order valence-corrected chi connectivity index (χ1v) is 5.90. The highest BCUT2D eigenvalue weighted by atomic mass is 127. The van der Waals surface area contributed by atoms with Gasteiger partial charge in [-0.25, -0.2) is 0 Å². The molecule has 0 radical (unpaired) electrons. The van der Waals surface area contributed by atoms with Crippen LogP contribution in [-0.4, -0.2) is 27.5 Å². The summed E-state index contributed by atoms with van der Waals surface area (Å²) in [6, 6.07) is 0. The molecule has 2 aliphatic heterocycles. The Morgan fingerprint density at radius 2 is 2.45 bits per heavy atom. The maximum atomic E-state index is 2.73. The molecule has 1 nitrogen and oxygen atoms in total. The highest BCUT2D eigenvalue weighted by molar-refractivity contribution is 14.1. The van der Waals surface area contributed by atoms with Crippen LogP contribution < -0.4 is 0 Å². The number of rotatable bonds is 1. The molecule has 0 aromatic carbocycles. The van der Waals surface area contributed by atoms with Gasteiger partial charge in [0.1, 0.15) is 0 Å². The van der Waals surface area contributed by atoms with E-state index in [1.54, 1.807) is 0 Å². The van der Waals surface area contributed by atoms with Crippen LogP contribution in [0.1, 0.15) is 32.6 Å². The summed E-state index contributed by atoms with van der Waals surface area (Å²) in [5.74, 6) is 0. The smallest absolute Gasteiger partial charge is 0.0255 e. The molecule has 0 aliphatic carbocycles. The first-order chi connectivity index (χ1) is 5.27. The van der Waals surface area contributed by atoms with E-state index in [0.29, 0.717) is 5.54 Å². The van der Waals surface area contributed by atoms with Crippen molar-refractivity contribution >= 4 is 22.6 Å². The Bertz CT molecular complexity index is 160. The monoisotopic (exact) mass is 265 g/mol. The minimum atomic E-state index is 0.645. The van der Waals surface area contributed by atoms with Gasteiger partial charge in [0.05, 0.1) is 0 Å². The van der Waals surface area contributed by atoms with Gasteiger partial charge in [-0.1, -0.05) is 29.5 Å². The number of alkyl halides is 1. The minimum absolute atomic E-state index is 0.645. The quantitative estimate of drug-likeness (QED) is 0.520. The van der Waals surface area contributed by atoms with Crippen molar-refractivity contribution in [2.75, 3.05) is 13.1 Å². The Hall–Kier alpha value is 0.690. The standard InChI is InChI=1S/C9H16IN/c1-2-9-4-3-5-11(9)7-8(10)6-9/h8H,2-7H2,1H3. The highest BCUT2D eigenvalue weighted by Gasteiger charge is 2.45. The Balaban J connectivity index is 2.15. The zero-order valence-electron chi connectivity index (χ0n) is 7.15. The van der Waals surface area contributed by atoms with Gasteiger partial charge in [-0.05, 0) is 32.2 Å². The number of hydrogen-bond donors (Lipinski definition) is 0. The topological polar surface area (TPSA) is 3.24 Å². The number of halogens is 1. The summed E-state index contributed by atoms with van der Waals surface area (Å²) in [6.45, 7) is 5.08. The van der Waals surface area contributed by atoms with E-state index in [1.807, 2.05) is 0 Å². The normalized spacial score (nSPS) is 44.7. The van der Waals surface area contributed by atoms with E-state index in [9.17, 15) is 0 Å². The molecule has 2 fully saturated rings. The molecule has 0 aromatic heterocycles. The zero-order valence-corrected chi connectivity index (χ0v) is 9.30. The molecule has 2 atom stereocenters. The van der Waals surface area contributed by atoms with Crippen LogP contribution in [-0.2, 0) is 0 Å². The fourth-order valence-corrected chi connectivity index (χ4v) is 4.07. The molecule has 2 rings (SSSR count). The van der Waals surface area contributed by atoms with Gasteiger partial charge in [0.25, 0.3) is 0 Å². The molecule has 0 aromatic rings. The molecule has 2 heteroatoms. The molecule has 0 amide bonds. The lowest BCUT2D eigenvalue weighted by Crippen LogP contribution is -2.37. The number of nitrogens with zero attached hydrogens (tertiary/aromatic N) is 1.